The van der Waals surface area contributed by atoms with Crippen LogP contribution in [0.25, 0.3) is 10.9 Å². The van der Waals surface area contributed by atoms with Crippen LogP contribution in [0.1, 0.15) is 0 Å². The van der Waals surface area contributed by atoms with Crippen molar-refractivity contribution in [1.82, 2.24) is 4.98 Å². The third-order valence-corrected chi connectivity index (χ3v) is 4.91. The van der Waals surface area contributed by atoms with Crippen LogP contribution in [0, 0.1) is 0 Å². The fourth-order valence-corrected chi connectivity index (χ4v) is 3.38. The Bertz CT molecular complexity index is 1060. The van der Waals surface area contributed by atoms with Crippen LogP contribution >= 0.6 is 0 Å². The fraction of sp³-hybridized carbons (Fsp3) is 0.125. The Hall–Kier alpha value is -3.53. The molecule has 0 bridgehead atoms. The van der Waals surface area contributed by atoms with E-state index in [0.717, 1.165) is 33.7 Å². The second-order valence-electron chi connectivity index (χ2n) is 6.89. The van der Waals surface area contributed by atoms with Crippen molar-refractivity contribution in [3.8, 4) is 0 Å². The van der Waals surface area contributed by atoms with E-state index in [1.54, 1.807) is 0 Å². The molecule has 4 heteroatoms. The highest BCUT2D eigenvalue weighted by Gasteiger charge is 2.15. The Kier molecular flexibility index (Phi) is 4.85. The number of anilines is 5. The monoisotopic (exact) mass is 368 g/mol. The van der Waals surface area contributed by atoms with Gasteiger partial charge in [0.05, 0.1) is 11.2 Å². The number of pyridine rings is 1. The molecule has 1 heterocycles. The molecule has 0 aliphatic heterocycles. The van der Waals surface area contributed by atoms with Gasteiger partial charge in [0.2, 0.25) is 0 Å². The number of hydrogen-bond donors (Lipinski definition) is 1. The maximum Gasteiger partial charge on any atom is 0.0723 e. The lowest BCUT2D eigenvalue weighted by atomic mass is 10.1. The maximum atomic E-state index is 4.53. The zero-order chi connectivity index (χ0) is 19.5. The van der Waals surface area contributed by atoms with Crippen molar-refractivity contribution < 1.29 is 0 Å². The lowest BCUT2D eigenvalue weighted by Crippen LogP contribution is -2.12. The van der Waals surface area contributed by atoms with E-state index >= 15 is 0 Å². The molecule has 140 valence electrons. The average Bonchev–Trinajstić information content (AvgIpc) is 2.75. The highest BCUT2D eigenvalue weighted by atomic mass is 15.1. The van der Waals surface area contributed by atoms with E-state index in [-0.39, 0.29) is 0 Å². The van der Waals surface area contributed by atoms with E-state index in [0.29, 0.717) is 0 Å². The molecule has 0 aliphatic rings. The van der Waals surface area contributed by atoms with Gasteiger partial charge in [-0.05, 0) is 60.7 Å². The first-order valence-electron chi connectivity index (χ1n) is 9.36. The van der Waals surface area contributed by atoms with Crippen LogP contribution in [-0.2, 0) is 0 Å². The summed E-state index contributed by atoms with van der Waals surface area (Å²) in [5.41, 5.74) is 6.58. The van der Waals surface area contributed by atoms with E-state index in [1.165, 1.54) is 5.69 Å². The number of aromatic nitrogens is 1. The highest BCUT2D eigenvalue weighted by Crippen LogP contribution is 2.38. The number of fused-ring (bicyclic) bond motifs is 1. The third-order valence-electron chi connectivity index (χ3n) is 4.91. The van der Waals surface area contributed by atoms with Gasteiger partial charge < -0.3 is 15.1 Å². The minimum Gasteiger partial charge on any atom is -0.388 e. The molecule has 4 nitrogen and oxygen atoms in total. The van der Waals surface area contributed by atoms with E-state index in [1.807, 2.05) is 19.3 Å². The Labute approximate surface area is 166 Å². The first kappa shape index (κ1) is 17.9. The van der Waals surface area contributed by atoms with Gasteiger partial charge in [0.15, 0.2) is 0 Å². The van der Waals surface area contributed by atoms with E-state index in [2.05, 4.69) is 107 Å². The quantitative estimate of drug-likeness (QED) is 0.481. The van der Waals surface area contributed by atoms with Gasteiger partial charge in [-0.25, -0.2) is 0 Å². The molecule has 4 aromatic rings. The summed E-state index contributed by atoms with van der Waals surface area (Å²) in [5, 5.41) is 4.31. The van der Waals surface area contributed by atoms with Crippen molar-refractivity contribution in [3.05, 3.63) is 85.1 Å². The van der Waals surface area contributed by atoms with Crippen LogP contribution < -0.4 is 15.1 Å². The topological polar surface area (TPSA) is 31.4 Å². The van der Waals surface area contributed by atoms with Crippen LogP contribution in [0.4, 0.5) is 28.4 Å². The summed E-state index contributed by atoms with van der Waals surface area (Å²) >= 11 is 0. The molecular formula is C24H24N4. The molecule has 0 unspecified atom stereocenters. The average molecular weight is 368 g/mol. The van der Waals surface area contributed by atoms with Gasteiger partial charge in [-0.1, -0.05) is 18.2 Å². The normalized spacial score (nSPS) is 10.7. The van der Waals surface area contributed by atoms with Gasteiger partial charge in [0.1, 0.15) is 0 Å². The summed E-state index contributed by atoms with van der Waals surface area (Å²) in [6, 6.07) is 27.4. The van der Waals surface area contributed by atoms with E-state index in [4.69, 9.17) is 0 Å². The Morgan fingerprint density at radius 1 is 0.714 bits per heavy atom. The zero-order valence-electron chi connectivity index (χ0n) is 16.4. The van der Waals surface area contributed by atoms with Crippen molar-refractivity contribution in [2.24, 2.45) is 0 Å². The molecule has 1 aromatic heterocycles. The predicted octanol–water partition coefficient (Wildman–Crippen LogP) is 5.81. The number of para-hydroxylation sites is 1. The van der Waals surface area contributed by atoms with Gasteiger partial charge in [-0.15, -0.1) is 0 Å². The molecule has 0 saturated heterocycles. The summed E-state index contributed by atoms with van der Waals surface area (Å²) < 4.78 is 0. The smallest absolute Gasteiger partial charge is 0.0723 e. The Morgan fingerprint density at radius 2 is 1.32 bits per heavy atom. The van der Waals surface area contributed by atoms with Crippen molar-refractivity contribution in [3.63, 3.8) is 0 Å². The molecule has 0 aliphatic carbocycles. The maximum absolute atomic E-state index is 4.53. The van der Waals surface area contributed by atoms with Crippen LogP contribution in [0.15, 0.2) is 85.1 Å². The first-order valence-corrected chi connectivity index (χ1v) is 9.36. The molecule has 0 radical (unpaired) electrons. The van der Waals surface area contributed by atoms with Gasteiger partial charge >= 0.3 is 0 Å². The number of benzene rings is 3. The number of nitrogens with zero attached hydrogens (tertiary/aromatic N) is 3. The van der Waals surface area contributed by atoms with Gasteiger partial charge in [-0.3, -0.25) is 4.98 Å². The van der Waals surface area contributed by atoms with Crippen LogP contribution in [0.2, 0.25) is 0 Å². The first-order chi connectivity index (χ1) is 13.7. The molecule has 0 amide bonds. The number of nitrogens with one attached hydrogen (secondary N) is 1. The molecule has 1 N–H and O–H groups in total. The fourth-order valence-electron chi connectivity index (χ4n) is 3.38. The largest absolute Gasteiger partial charge is 0.388 e. The summed E-state index contributed by atoms with van der Waals surface area (Å²) in [7, 11) is 6.04. The SMILES string of the molecule is CNc1ccc(N(c2ccc(N(C)C)cc2)c2ccnc3ccccc23)cc1. The molecule has 0 saturated carbocycles. The summed E-state index contributed by atoms with van der Waals surface area (Å²) in [6.45, 7) is 0. The second-order valence-corrected chi connectivity index (χ2v) is 6.89. The van der Waals surface area contributed by atoms with Crippen LogP contribution in [0.5, 0.6) is 0 Å². The molecule has 0 fully saturated rings. The van der Waals surface area contributed by atoms with Crippen molar-refractivity contribution in [1.29, 1.82) is 0 Å². The Morgan fingerprint density at radius 3 is 1.96 bits per heavy atom. The molecule has 0 atom stereocenters. The van der Waals surface area contributed by atoms with E-state index in [9.17, 15) is 0 Å². The summed E-state index contributed by atoms with van der Waals surface area (Å²) in [4.78, 5) is 8.92. The lowest BCUT2D eigenvalue weighted by Gasteiger charge is -2.27. The number of hydrogen-bond acceptors (Lipinski definition) is 4. The summed E-state index contributed by atoms with van der Waals surface area (Å²) in [5.74, 6) is 0. The van der Waals surface area contributed by atoms with E-state index < -0.39 is 0 Å². The summed E-state index contributed by atoms with van der Waals surface area (Å²) in [6.07, 6.45) is 1.88. The van der Waals surface area contributed by atoms with Crippen LogP contribution in [0.3, 0.4) is 0 Å². The third kappa shape index (κ3) is 3.37. The zero-order valence-corrected chi connectivity index (χ0v) is 16.4. The van der Waals surface area contributed by atoms with Crippen molar-refractivity contribution >= 4 is 39.3 Å². The molecule has 3 aromatic carbocycles. The Balaban J connectivity index is 1.90. The van der Waals surface area contributed by atoms with Gasteiger partial charge in [0.25, 0.3) is 0 Å². The van der Waals surface area contributed by atoms with Gasteiger partial charge in [-0.2, -0.15) is 0 Å². The van der Waals surface area contributed by atoms with Crippen molar-refractivity contribution in [2.75, 3.05) is 36.3 Å². The molecule has 28 heavy (non-hydrogen) atoms. The standard InChI is InChI=1S/C24H24N4/c1-25-18-8-10-20(11-9-18)28(21-14-12-19(13-15-21)27(2)3)24-16-17-26-23-7-5-4-6-22(23)24/h4-17,25H,1-3H3. The minimum atomic E-state index is 0.988. The van der Waals surface area contributed by atoms with Crippen LogP contribution in [-0.4, -0.2) is 26.1 Å². The number of rotatable bonds is 5. The predicted molar refractivity (Wildman–Crippen MR) is 120 cm³/mol. The molecular weight excluding hydrogens is 344 g/mol. The highest BCUT2D eigenvalue weighted by molar-refractivity contribution is 5.96. The lowest BCUT2D eigenvalue weighted by molar-refractivity contribution is 1.13. The molecule has 0 spiro atoms. The van der Waals surface area contributed by atoms with Gasteiger partial charge in [0, 0.05) is 55.5 Å². The van der Waals surface area contributed by atoms with Crippen molar-refractivity contribution in [2.45, 2.75) is 0 Å². The molecule has 4 rings (SSSR count). The second kappa shape index (κ2) is 7.61. The minimum absolute atomic E-state index is 0.988.